The van der Waals surface area contributed by atoms with Crippen LogP contribution in [0.25, 0.3) is 0 Å². The van der Waals surface area contributed by atoms with Crippen molar-refractivity contribution in [1.82, 2.24) is 5.32 Å². The number of aliphatic hydroxyl groups is 1. The Kier molecular flexibility index (Phi) is 2.06. The molecular weight excluding hydrogens is 190 g/mol. The second kappa shape index (κ2) is 3.30. The second-order valence-corrected chi connectivity index (χ2v) is 4.50. The number of hydrogen-bond acceptors (Lipinski definition) is 3. The van der Waals surface area contributed by atoms with Gasteiger partial charge in [0.1, 0.15) is 6.23 Å². The molecule has 3 heteroatoms. The largest absolute Gasteiger partial charge is 0.387 e. The number of nitrogens with one attached hydrogen (secondary N) is 1. The number of ether oxygens (including phenoxy) is 1. The van der Waals surface area contributed by atoms with Crippen LogP contribution >= 0.6 is 0 Å². The summed E-state index contributed by atoms with van der Waals surface area (Å²) in [5, 5.41) is 13.0. The van der Waals surface area contributed by atoms with Crippen molar-refractivity contribution in [2.75, 3.05) is 6.61 Å². The molecule has 2 aliphatic rings. The molecule has 0 amide bonds. The molecule has 1 aromatic carbocycles. The molecule has 1 aliphatic carbocycles. The lowest BCUT2D eigenvalue weighted by Crippen LogP contribution is -2.23. The number of benzene rings is 1. The van der Waals surface area contributed by atoms with Gasteiger partial charge in [0.15, 0.2) is 0 Å². The standard InChI is InChI=1S/C12H15NO2/c14-12(5-6-12)8-15-11-10-4-2-1-3-9(10)7-13-11/h1-4,11,13-14H,5-8H2. The van der Waals surface area contributed by atoms with Gasteiger partial charge in [0.05, 0.1) is 12.2 Å². The molecule has 2 N–H and O–H groups in total. The maximum absolute atomic E-state index is 9.68. The van der Waals surface area contributed by atoms with Gasteiger partial charge in [-0.25, -0.2) is 0 Å². The Labute approximate surface area is 89.1 Å². The average molecular weight is 205 g/mol. The van der Waals surface area contributed by atoms with Crippen LogP contribution in [0.1, 0.15) is 30.2 Å². The molecule has 0 aromatic heterocycles. The highest BCUT2D eigenvalue weighted by atomic mass is 16.5. The molecule has 0 bridgehead atoms. The Balaban J connectivity index is 1.68. The van der Waals surface area contributed by atoms with Crippen molar-refractivity contribution in [3.63, 3.8) is 0 Å². The Morgan fingerprint density at radius 3 is 3.00 bits per heavy atom. The summed E-state index contributed by atoms with van der Waals surface area (Å²) in [6.07, 6.45) is 1.72. The smallest absolute Gasteiger partial charge is 0.135 e. The van der Waals surface area contributed by atoms with Gasteiger partial charge in [-0.3, -0.25) is 5.32 Å². The molecule has 1 unspecified atom stereocenters. The highest BCUT2D eigenvalue weighted by Crippen LogP contribution is 2.37. The van der Waals surface area contributed by atoms with Gasteiger partial charge < -0.3 is 9.84 Å². The van der Waals surface area contributed by atoms with E-state index in [0.717, 1.165) is 19.4 Å². The minimum absolute atomic E-state index is 0.0363. The first-order valence-corrected chi connectivity index (χ1v) is 5.42. The molecule has 1 heterocycles. The van der Waals surface area contributed by atoms with Crippen molar-refractivity contribution in [3.05, 3.63) is 35.4 Å². The third-order valence-electron chi connectivity index (χ3n) is 3.16. The number of fused-ring (bicyclic) bond motifs is 1. The summed E-state index contributed by atoms with van der Waals surface area (Å²) in [5.41, 5.74) is 1.98. The van der Waals surface area contributed by atoms with Crippen LogP contribution in [0.2, 0.25) is 0 Å². The Morgan fingerprint density at radius 1 is 1.40 bits per heavy atom. The molecule has 0 radical (unpaired) electrons. The monoisotopic (exact) mass is 205 g/mol. The summed E-state index contributed by atoms with van der Waals surface area (Å²) >= 11 is 0. The van der Waals surface area contributed by atoms with Gasteiger partial charge in [-0.05, 0) is 24.0 Å². The Hall–Kier alpha value is -0.900. The van der Waals surface area contributed by atoms with Gasteiger partial charge >= 0.3 is 0 Å². The van der Waals surface area contributed by atoms with Crippen LogP contribution in [0.15, 0.2) is 24.3 Å². The summed E-state index contributed by atoms with van der Waals surface area (Å²) in [4.78, 5) is 0. The van der Waals surface area contributed by atoms with E-state index in [4.69, 9.17) is 4.74 Å². The van der Waals surface area contributed by atoms with Crippen molar-refractivity contribution < 1.29 is 9.84 Å². The van der Waals surface area contributed by atoms with Crippen LogP contribution in [-0.4, -0.2) is 17.3 Å². The van der Waals surface area contributed by atoms with E-state index in [1.807, 2.05) is 12.1 Å². The van der Waals surface area contributed by atoms with E-state index in [2.05, 4.69) is 17.4 Å². The van der Waals surface area contributed by atoms with Gasteiger partial charge in [-0.2, -0.15) is 0 Å². The molecular formula is C12H15NO2. The quantitative estimate of drug-likeness (QED) is 0.782. The van der Waals surface area contributed by atoms with E-state index in [1.54, 1.807) is 0 Å². The summed E-state index contributed by atoms with van der Waals surface area (Å²) in [6.45, 7) is 1.30. The van der Waals surface area contributed by atoms with Gasteiger partial charge in [0, 0.05) is 6.54 Å². The van der Waals surface area contributed by atoms with Crippen molar-refractivity contribution in [3.8, 4) is 0 Å². The first kappa shape index (κ1) is 9.33. The topological polar surface area (TPSA) is 41.5 Å². The Morgan fingerprint density at radius 2 is 2.20 bits per heavy atom. The van der Waals surface area contributed by atoms with Crippen LogP contribution in [0, 0.1) is 0 Å². The van der Waals surface area contributed by atoms with Crippen molar-refractivity contribution in [2.24, 2.45) is 0 Å². The molecule has 1 fully saturated rings. The maximum atomic E-state index is 9.68. The van der Waals surface area contributed by atoms with E-state index in [1.165, 1.54) is 11.1 Å². The molecule has 1 aromatic rings. The normalized spacial score (nSPS) is 26.3. The lowest BCUT2D eigenvalue weighted by molar-refractivity contribution is -0.0323. The van der Waals surface area contributed by atoms with Crippen molar-refractivity contribution in [2.45, 2.75) is 31.2 Å². The molecule has 1 aliphatic heterocycles. The fourth-order valence-electron chi connectivity index (χ4n) is 1.94. The third kappa shape index (κ3) is 1.78. The van der Waals surface area contributed by atoms with Gasteiger partial charge in [-0.15, -0.1) is 0 Å². The predicted octanol–water partition coefficient (Wildman–Crippen LogP) is 1.33. The average Bonchev–Trinajstić information content (AvgIpc) is 2.86. The van der Waals surface area contributed by atoms with E-state index < -0.39 is 5.60 Å². The first-order valence-electron chi connectivity index (χ1n) is 5.42. The van der Waals surface area contributed by atoms with Crippen LogP contribution in [-0.2, 0) is 11.3 Å². The van der Waals surface area contributed by atoms with Crippen molar-refractivity contribution >= 4 is 0 Å². The zero-order valence-electron chi connectivity index (χ0n) is 8.57. The van der Waals surface area contributed by atoms with Gasteiger partial charge in [0.2, 0.25) is 0 Å². The van der Waals surface area contributed by atoms with Crippen LogP contribution in [0.3, 0.4) is 0 Å². The molecule has 3 nitrogen and oxygen atoms in total. The molecule has 0 spiro atoms. The summed E-state index contributed by atoms with van der Waals surface area (Å²) in [6, 6.07) is 8.25. The van der Waals surface area contributed by atoms with Crippen LogP contribution in [0.5, 0.6) is 0 Å². The fourth-order valence-corrected chi connectivity index (χ4v) is 1.94. The first-order chi connectivity index (χ1) is 7.27. The van der Waals surface area contributed by atoms with Crippen LogP contribution in [0.4, 0.5) is 0 Å². The number of rotatable bonds is 3. The third-order valence-corrected chi connectivity index (χ3v) is 3.16. The van der Waals surface area contributed by atoms with E-state index in [-0.39, 0.29) is 6.23 Å². The number of hydrogen-bond donors (Lipinski definition) is 2. The highest BCUT2D eigenvalue weighted by molar-refractivity contribution is 5.32. The minimum Gasteiger partial charge on any atom is -0.387 e. The zero-order chi connectivity index (χ0) is 10.3. The Bertz CT molecular complexity index is 374. The van der Waals surface area contributed by atoms with Crippen molar-refractivity contribution in [1.29, 1.82) is 0 Å². The molecule has 80 valence electrons. The summed E-state index contributed by atoms with van der Waals surface area (Å²) in [7, 11) is 0. The van der Waals surface area contributed by atoms with Gasteiger partial charge in [0.25, 0.3) is 0 Å². The molecule has 3 rings (SSSR count). The SMILES string of the molecule is OC1(COC2NCc3ccccc32)CC1. The van der Waals surface area contributed by atoms with E-state index >= 15 is 0 Å². The molecule has 0 saturated heterocycles. The lowest BCUT2D eigenvalue weighted by atomic mass is 10.1. The molecule has 1 saturated carbocycles. The zero-order valence-corrected chi connectivity index (χ0v) is 8.57. The van der Waals surface area contributed by atoms with E-state index in [0.29, 0.717) is 6.61 Å². The molecule has 1 atom stereocenters. The fraction of sp³-hybridized carbons (Fsp3) is 0.500. The second-order valence-electron chi connectivity index (χ2n) is 4.50. The minimum atomic E-state index is -0.529. The summed E-state index contributed by atoms with van der Waals surface area (Å²) in [5.74, 6) is 0. The highest BCUT2D eigenvalue weighted by Gasteiger charge is 2.41. The lowest BCUT2D eigenvalue weighted by Gasteiger charge is -2.16. The predicted molar refractivity (Wildman–Crippen MR) is 56.2 cm³/mol. The van der Waals surface area contributed by atoms with Crippen LogP contribution < -0.4 is 5.32 Å². The maximum Gasteiger partial charge on any atom is 0.135 e. The van der Waals surface area contributed by atoms with Gasteiger partial charge in [-0.1, -0.05) is 24.3 Å². The van der Waals surface area contributed by atoms with E-state index in [9.17, 15) is 5.11 Å². The molecule has 15 heavy (non-hydrogen) atoms. The summed E-state index contributed by atoms with van der Waals surface area (Å²) < 4.78 is 5.70.